The summed E-state index contributed by atoms with van der Waals surface area (Å²) in [4.78, 5) is 19.3. The predicted octanol–water partition coefficient (Wildman–Crippen LogP) is 3.57. The number of nitrogens with one attached hydrogen (secondary N) is 1. The van der Waals surface area contributed by atoms with Crippen molar-refractivity contribution in [2.75, 3.05) is 0 Å². The second-order valence-electron chi connectivity index (χ2n) is 4.26. The number of esters is 1. The van der Waals surface area contributed by atoms with Gasteiger partial charge in [-0.25, -0.2) is 9.78 Å². The Hall–Kier alpha value is -2.33. The molecule has 1 aromatic heterocycles. The van der Waals surface area contributed by atoms with E-state index in [2.05, 4.69) is 9.97 Å². The molecule has 0 aliphatic rings. The number of imidazole rings is 1. The van der Waals surface area contributed by atoms with E-state index in [9.17, 15) is 4.79 Å². The van der Waals surface area contributed by atoms with E-state index in [0.29, 0.717) is 16.4 Å². The van der Waals surface area contributed by atoms with Gasteiger partial charge in [-0.05, 0) is 24.3 Å². The number of carbonyl (C=O) groups is 1. The number of benzene rings is 2. The maximum atomic E-state index is 11.9. The van der Waals surface area contributed by atoms with E-state index in [1.165, 1.54) is 0 Å². The summed E-state index contributed by atoms with van der Waals surface area (Å²) in [6, 6.07) is 14.4. The fourth-order valence-corrected chi connectivity index (χ4v) is 2.13. The first-order valence-electron chi connectivity index (χ1n) is 6.09. The molecule has 0 bridgehead atoms. The van der Waals surface area contributed by atoms with Gasteiger partial charge in [0.15, 0.2) is 0 Å². The van der Waals surface area contributed by atoms with Crippen LogP contribution >= 0.6 is 11.6 Å². The smallest absolute Gasteiger partial charge is 0.340 e. The van der Waals surface area contributed by atoms with E-state index in [0.717, 1.165) is 11.0 Å². The summed E-state index contributed by atoms with van der Waals surface area (Å²) >= 11 is 5.94. The van der Waals surface area contributed by atoms with Crippen LogP contribution in [0.25, 0.3) is 11.0 Å². The molecule has 3 rings (SSSR count). The van der Waals surface area contributed by atoms with E-state index in [1.54, 1.807) is 24.3 Å². The van der Waals surface area contributed by atoms with Crippen LogP contribution in [0.2, 0.25) is 5.02 Å². The predicted molar refractivity (Wildman–Crippen MR) is 76.7 cm³/mol. The lowest BCUT2D eigenvalue weighted by molar-refractivity contribution is 0.0464. The highest BCUT2D eigenvalue weighted by Crippen LogP contribution is 2.17. The van der Waals surface area contributed by atoms with Crippen molar-refractivity contribution in [3.63, 3.8) is 0 Å². The molecule has 4 nitrogen and oxygen atoms in total. The van der Waals surface area contributed by atoms with E-state index < -0.39 is 5.97 Å². The molecular weight excluding hydrogens is 276 g/mol. The first kappa shape index (κ1) is 12.7. The Morgan fingerprint density at radius 2 is 1.90 bits per heavy atom. The third-order valence-electron chi connectivity index (χ3n) is 2.87. The van der Waals surface area contributed by atoms with Gasteiger partial charge >= 0.3 is 5.97 Å². The Morgan fingerprint density at radius 1 is 1.15 bits per heavy atom. The molecule has 5 heteroatoms. The number of ether oxygens (including phenoxy) is 1. The zero-order valence-corrected chi connectivity index (χ0v) is 11.2. The van der Waals surface area contributed by atoms with Crippen molar-refractivity contribution in [2.24, 2.45) is 0 Å². The van der Waals surface area contributed by atoms with Crippen LogP contribution in [0.4, 0.5) is 0 Å². The maximum Gasteiger partial charge on any atom is 0.340 e. The Labute approximate surface area is 120 Å². The van der Waals surface area contributed by atoms with Crippen LogP contribution in [-0.2, 0) is 11.3 Å². The van der Waals surface area contributed by atoms with Crippen molar-refractivity contribution in [1.29, 1.82) is 0 Å². The normalized spacial score (nSPS) is 10.7. The number of hydrogen-bond acceptors (Lipinski definition) is 3. The second-order valence-corrected chi connectivity index (χ2v) is 4.66. The molecule has 1 heterocycles. The number of rotatable bonds is 3. The summed E-state index contributed by atoms with van der Waals surface area (Å²) in [5.74, 6) is 0.141. The number of aromatic amines is 1. The van der Waals surface area contributed by atoms with Crippen LogP contribution in [0.15, 0.2) is 48.5 Å². The average molecular weight is 287 g/mol. The van der Waals surface area contributed by atoms with Gasteiger partial charge in [0.1, 0.15) is 12.4 Å². The minimum Gasteiger partial charge on any atom is -0.454 e. The number of halogens is 1. The number of para-hydroxylation sites is 2. The summed E-state index contributed by atoms with van der Waals surface area (Å²) < 4.78 is 5.21. The highest BCUT2D eigenvalue weighted by atomic mass is 35.5. The Balaban J connectivity index is 1.73. The minimum atomic E-state index is -0.462. The van der Waals surface area contributed by atoms with Gasteiger partial charge in [0, 0.05) is 0 Å². The second kappa shape index (κ2) is 5.35. The first-order valence-corrected chi connectivity index (χ1v) is 6.47. The largest absolute Gasteiger partial charge is 0.454 e. The minimum absolute atomic E-state index is 0.0821. The van der Waals surface area contributed by atoms with Crippen LogP contribution < -0.4 is 0 Å². The third kappa shape index (κ3) is 2.51. The average Bonchev–Trinajstić information content (AvgIpc) is 2.88. The molecule has 1 N–H and O–H groups in total. The lowest BCUT2D eigenvalue weighted by Crippen LogP contribution is -2.06. The van der Waals surface area contributed by atoms with E-state index in [-0.39, 0.29) is 6.61 Å². The lowest BCUT2D eigenvalue weighted by atomic mass is 10.2. The molecule has 2 aromatic carbocycles. The number of nitrogens with zero attached hydrogens (tertiary/aromatic N) is 1. The van der Waals surface area contributed by atoms with Crippen LogP contribution in [0.5, 0.6) is 0 Å². The molecule has 0 radical (unpaired) electrons. The van der Waals surface area contributed by atoms with Gasteiger partial charge in [0.05, 0.1) is 21.6 Å². The molecule has 0 saturated heterocycles. The molecule has 100 valence electrons. The molecule has 0 atom stereocenters. The third-order valence-corrected chi connectivity index (χ3v) is 3.20. The zero-order chi connectivity index (χ0) is 13.9. The van der Waals surface area contributed by atoms with Gasteiger partial charge in [-0.1, -0.05) is 35.9 Å². The van der Waals surface area contributed by atoms with Crippen molar-refractivity contribution < 1.29 is 9.53 Å². The molecule has 0 aliphatic heterocycles. The van der Waals surface area contributed by atoms with Gasteiger partial charge in [0.2, 0.25) is 0 Å². The number of H-pyrrole nitrogens is 1. The molecular formula is C15H11ClN2O2. The molecule has 0 fully saturated rings. The van der Waals surface area contributed by atoms with Gasteiger partial charge in [-0.3, -0.25) is 0 Å². The summed E-state index contributed by atoms with van der Waals surface area (Å²) in [5.41, 5.74) is 2.11. The standard InChI is InChI=1S/C15H11ClN2O2/c16-11-6-2-1-5-10(11)15(19)20-9-14-17-12-7-3-4-8-13(12)18-14/h1-8H,9H2,(H,17,18). The molecule has 0 unspecified atom stereocenters. The van der Waals surface area contributed by atoms with Gasteiger partial charge in [-0.2, -0.15) is 0 Å². The van der Waals surface area contributed by atoms with Crippen molar-refractivity contribution in [3.8, 4) is 0 Å². The Kier molecular flexibility index (Phi) is 3.39. The van der Waals surface area contributed by atoms with Crippen LogP contribution in [0.3, 0.4) is 0 Å². The highest BCUT2D eigenvalue weighted by Gasteiger charge is 2.12. The van der Waals surface area contributed by atoms with Crippen molar-refractivity contribution in [2.45, 2.75) is 6.61 Å². The van der Waals surface area contributed by atoms with Crippen LogP contribution in [0.1, 0.15) is 16.2 Å². The molecule has 3 aromatic rings. The van der Waals surface area contributed by atoms with Gasteiger partial charge in [-0.15, -0.1) is 0 Å². The van der Waals surface area contributed by atoms with Crippen molar-refractivity contribution in [1.82, 2.24) is 9.97 Å². The topological polar surface area (TPSA) is 55.0 Å². The van der Waals surface area contributed by atoms with Crippen LogP contribution in [0, 0.1) is 0 Å². The zero-order valence-electron chi connectivity index (χ0n) is 10.5. The molecule has 0 amide bonds. The molecule has 20 heavy (non-hydrogen) atoms. The fraction of sp³-hybridized carbons (Fsp3) is 0.0667. The quantitative estimate of drug-likeness (QED) is 0.749. The molecule has 0 aliphatic carbocycles. The lowest BCUT2D eigenvalue weighted by Gasteiger charge is -2.04. The van der Waals surface area contributed by atoms with Crippen molar-refractivity contribution >= 4 is 28.6 Å². The van der Waals surface area contributed by atoms with Gasteiger partial charge in [0.25, 0.3) is 0 Å². The summed E-state index contributed by atoms with van der Waals surface area (Å²) in [7, 11) is 0. The SMILES string of the molecule is O=C(OCc1nc2ccccc2[nH]1)c1ccccc1Cl. The fourth-order valence-electron chi connectivity index (χ4n) is 1.91. The van der Waals surface area contributed by atoms with Crippen LogP contribution in [-0.4, -0.2) is 15.9 Å². The molecule has 0 spiro atoms. The number of hydrogen-bond donors (Lipinski definition) is 1. The number of carbonyl (C=O) groups excluding carboxylic acids is 1. The number of fused-ring (bicyclic) bond motifs is 1. The molecule has 0 saturated carbocycles. The highest BCUT2D eigenvalue weighted by molar-refractivity contribution is 6.33. The summed E-state index contributed by atoms with van der Waals surface area (Å²) in [6.07, 6.45) is 0. The van der Waals surface area contributed by atoms with Gasteiger partial charge < -0.3 is 9.72 Å². The summed E-state index contributed by atoms with van der Waals surface area (Å²) in [5, 5.41) is 0.377. The Bertz CT molecular complexity index is 734. The van der Waals surface area contributed by atoms with Crippen molar-refractivity contribution in [3.05, 3.63) is 64.9 Å². The maximum absolute atomic E-state index is 11.9. The monoisotopic (exact) mass is 286 g/mol. The Morgan fingerprint density at radius 3 is 2.70 bits per heavy atom. The first-order chi connectivity index (χ1) is 9.74. The van der Waals surface area contributed by atoms with E-state index in [4.69, 9.17) is 16.3 Å². The number of aromatic nitrogens is 2. The van der Waals surface area contributed by atoms with E-state index in [1.807, 2.05) is 24.3 Å². The summed E-state index contributed by atoms with van der Waals surface area (Å²) in [6.45, 7) is 0.0821. The van der Waals surface area contributed by atoms with E-state index >= 15 is 0 Å².